The highest BCUT2D eigenvalue weighted by molar-refractivity contribution is 5.95. The third kappa shape index (κ3) is 10.2. The van der Waals surface area contributed by atoms with E-state index in [0.717, 1.165) is 57.8 Å². The standard InChI is InChI=1S/C24H41NO4/c1-3-5-8-12-21(27)15-16-22-20(14-17-23(22)28)11-9-6-7-10-13-24(29)25(4-2)18-19-26/h14-17,20-22,26-27H,3-13,18-19H2,1-2H3/b16-15+/t20-,21?,22+/m0/s1. The number of likely N-dealkylation sites (N-methyl/N-ethyl adjacent to an activating group) is 1. The Labute approximate surface area is 176 Å². The molecule has 2 N–H and O–H groups in total. The van der Waals surface area contributed by atoms with Gasteiger partial charge in [-0.15, -0.1) is 0 Å². The van der Waals surface area contributed by atoms with E-state index in [-0.39, 0.29) is 30.1 Å². The number of aliphatic hydroxyl groups excluding tert-OH is 2. The van der Waals surface area contributed by atoms with E-state index < -0.39 is 6.10 Å². The molecule has 3 atom stereocenters. The molecule has 1 aliphatic rings. The number of hydrogen-bond acceptors (Lipinski definition) is 4. The maximum atomic E-state index is 12.1. The van der Waals surface area contributed by atoms with Crippen LogP contribution < -0.4 is 0 Å². The first-order valence-electron chi connectivity index (χ1n) is 11.5. The Morgan fingerprint density at radius 2 is 1.93 bits per heavy atom. The molecule has 0 bridgehead atoms. The molecule has 0 radical (unpaired) electrons. The minimum absolute atomic E-state index is 0.0125. The van der Waals surface area contributed by atoms with Gasteiger partial charge in [0.15, 0.2) is 5.78 Å². The van der Waals surface area contributed by atoms with Crippen LogP contribution in [0.3, 0.4) is 0 Å². The number of ketones is 1. The quantitative estimate of drug-likeness (QED) is 0.299. The van der Waals surface area contributed by atoms with Crippen molar-refractivity contribution in [1.29, 1.82) is 0 Å². The molecule has 1 rings (SSSR count). The van der Waals surface area contributed by atoms with Crippen molar-refractivity contribution in [2.45, 2.75) is 84.2 Å². The molecule has 29 heavy (non-hydrogen) atoms. The van der Waals surface area contributed by atoms with Crippen LogP contribution in [0.2, 0.25) is 0 Å². The normalized spacial score (nSPS) is 19.9. The highest BCUT2D eigenvalue weighted by Gasteiger charge is 2.27. The first kappa shape index (κ1) is 25.6. The fourth-order valence-corrected chi connectivity index (χ4v) is 3.87. The van der Waals surface area contributed by atoms with Gasteiger partial charge in [-0.1, -0.05) is 63.7 Å². The van der Waals surface area contributed by atoms with Crippen molar-refractivity contribution in [3.05, 3.63) is 24.3 Å². The van der Waals surface area contributed by atoms with Crippen LogP contribution in [0.4, 0.5) is 0 Å². The van der Waals surface area contributed by atoms with Gasteiger partial charge in [0.1, 0.15) is 0 Å². The molecule has 5 heteroatoms. The molecule has 1 amide bonds. The van der Waals surface area contributed by atoms with E-state index in [1.165, 1.54) is 0 Å². The Kier molecular flexibility index (Phi) is 13.6. The van der Waals surface area contributed by atoms with Gasteiger partial charge in [-0.25, -0.2) is 0 Å². The van der Waals surface area contributed by atoms with Gasteiger partial charge in [0.25, 0.3) is 0 Å². The number of amides is 1. The number of rotatable bonds is 16. The Balaban J connectivity index is 2.26. The van der Waals surface area contributed by atoms with Crippen LogP contribution in [0.15, 0.2) is 24.3 Å². The Morgan fingerprint density at radius 3 is 2.62 bits per heavy atom. The third-order valence-corrected chi connectivity index (χ3v) is 5.72. The molecule has 0 saturated carbocycles. The molecule has 0 spiro atoms. The second-order valence-electron chi connectivity index (χ2n) is 8.05. The number of hydrogen-bond donors (Lipinski definition) is 2. The van der Waals surface area contributed by atoms with Crippen molar-refractivity contribution in [1.82, 2.24) is 4.90 Å². The molecular weight excluding hydrogens is 366 g/mol. The van der Waals surface area contributed by atoms with Crippen LogP contribution >= 0.6 is 0 Å². The summed E-state index contributed by atoms with van der Waals surface area (Å²) in [6.45, 7) is 5.14. The molecule has 0 fully saturated rings. The lowest BCUT2D eigenvalue weighted by atomic mass is 9.89. The summed E-state index contributed by atoms with van der Waals surface area (Å²) >= 11 is 0. The average molecular weight is 408 g/mol. The van der Waals surface area contributed by atoms with E-state index in [9.17, 15) is 14.7 Å². The number of unbranched alkanes of at least 4 members (excludes halogenated alkanes) is 5. The molecule has 1 unspecified atom stereocenters. The molecule has 0 aliphatic heterocycles. The van der Waals surface area contributed by atoms with E-state index in [4.69, 9.17) is 5.11 Å². The van der Waals surface area contributed by atoms with E-state index in [2.05, 4.69) is 6.92 Å². The second-order valence-corrected chi connectivity index (χ2v) is 8.05. The summed E-state index contributed by atoms with van der Waals surface area (Å²) in [5, 5.41) is 19.0. The van der Waals surface area contributed by atoms with Gasteiger partial charge in [0, 0.05) is 25.4 Å². The largest absolute Gasteiger partial charge is 0.395 e. The molecule has 1 aliphatic carbocycles. The van der Waals surface area contributed by atoms with Gasteiger partial charge < -0.3 is 15.1 Å². The number of aliphatic hydroxyl groups is 2. The van der Waals surface area contributed by atoms with E-state index in [1.54, 1.807) is 17.1 Å². The first-order chi connectivity index (χ1) is 14.0. The minimum atomic E-state index is -0.457. The molecule has 0 aromatic rings. The number of carbonyl (C=O) groups excluding carboxylic acids is 2. The van der Waals surface area contributed by atoms with Crippen molar-refractivity contribution in [2.75, 3.05) is 19.7 Å². The zero-order valence-electron chi connectivity index (χ0n) is 18.4. The monoisotopic (exact) mass is 407 g/mol. The van der Waals surface area contributed by atoms with Crippen LogP contribution in [0.25, 0.3) is 0 Å². The third-order valence-electron chi connectivity index (χ3n) is 5.72. The van der Waals surface area contributed by atoms with Crippen LogP contribution in [0, 0.1) is 11.8 Å². The zero-order chi connectivity index (χ0) is 21.5. The molecular formula is C24H41NO4. The van der Waals surface area contributed by atoms with Crippen molar-refractivity contribution in [3.63, 3.8) is 0 Å². The lowest BCUT2D eigenvalue weighted by molar-refractivity contribution is -0.131. The summed E-state index contributed by atoms with van der Waals surface area (Å²) in [7, 11) is 0. The lowest BCUT2D eigenvalue weighted by Gasteiger charge is -2.19. The summed E-state index contributed by atoms with van der Waals surface area (Å²) in [4.78, 5) is 25.9. The number of carbonyl (C=O) groups is 2. The molecule has 0 heterocycles. The van der Waals surface area contributed by atoms with Crippen LogP contribution in [-0.2, 0) is 9.59 Å². The fraction of sp³-hybridized carbons (Fsp3) is 0.750. The van der Waals surface area contributed by atoms with Gasteiger partial charge in [0.05, 0.1) is 12.7 Å². The Hall–Kier alpha value is -1.46. The van der Waals surface area contributed by atoms with Crippen LogP contribution in [0.1, 0.15) is 78.1 Å². The lowest BCUT2D eigenvalue weighted by Crippen LogP contribution is -2.33. The topological polar surface area (TPSA) is 77.8 Å². The summed E-state index contributed by atoms with van der Waals surface area (Å²) in [5.41, 5.74) is 0. The average Bonchev–Trinajstić information content (AvgIpc) is 3.06. The summed E-state index contributed by atoms with van der Waals surface area (Å²) < 4.78 is 0. The molecule has 0 aromatic carbocycles. The van der Waals surface area contributed by atoms with Crippen molar-refractivity contribution >= 4 is 11.7 Å². The zero-order valence-corrected chi connectivity index (χ0v) is 18.4. The van der Waals surface area contributed by atoms with Crippen molar-refractivity contribution in [2.24, 2.45) is 11.8 Å². The van der Waals surface area contributed by atoms with Crippen molar-refractivity contribution in [3.8, 4) is 0 Å². The molecule has 0 saturated heterocycles. The maximum absolute atomic E-state index is 12.1. The highest BCUT2D eigenvalue weighted by atomic mass is 16.3. The summed E-state index contributed by atoms with van der Waals surface area (Å²) in [5.74, 6) is 0.354. The van der Waals surface area contributed by atoms with Gasteiger partial charge in [-0.3, -0.25) is 9.59 Å². The fourth-order valence-electron chi connectivity index (χ4n) is 3.87. The predicted molar refractivity (Wildman–Crippen MR) is 117 cm³/mol. The van der Waals surface area contributed by atoms with E-state index in [1.807, 2.05) is 19.1 Å². The van der Waals surface area contributed by atoms with Gasteiger partial charge in [0.2, 0.25) is 5.91 Å². The Morgan fingerprint density at radius 1 is 1.17 bits per heavy atom. The van der Waals surface area contributed by atoms with E-state index in [0.29, 0.717) is 19.5 Å². The molecule has 166 valence electrons. The van der Waals surface area contributed by atoms with E-state index >= 15 is 0 Å². The molecule has 5 nitrogen and oxygen atoms in total. The van der Waals surface area contributed by atoms with Gasteiger partial charge in [-0.05, 0) is 38.2 Å². The maximum Gasteiger partial charge on any atom is 0.222 e. The van der Waals surface area contributed by atoms with Crippen LogP contribution in [0.5, 0.6) is 0 Å². The van der Waals surface area contributed by atoms with Gasteiger partial charge >= 0.3 is 0 Å². The summed E-state index contributed by atoms with van der Waals surface area (Å²) in [6, 6.07) is 0. The highest BCUT2D eigenvalue weighted by Crippen LogP contribution is 2.29. The summed E-state index contributed by atoms with van der Waals surface area (Å²) in [6.07, 6.45) is 16.4. The van der Waals surface area contributed by atoms with Crippen LogP contribution in [-0.4, -0.2) is 52.6 Å². The Bertz CT molecular complexity index is 529. The number of allylic oxidation sites excluding steroid dienone is 3. The minimum Gasteiger partial charge on any atom is -0.395 e. The number of nitrogens with zero attached hydrogens (tertiary/aromatic N) is 1. The first-order valence-corrected chi connectivity index (χ1v) is 11.5. The van der Waals surface area contributed by atoms with Crippen molar-refractivity contribution < 1.29 is 19.8 Å². The SMILES string of the molecule is CCCCCC(O)/C=C/[C@H]1C(=O)C=C[C@@H]1CCCCCCC(=O)N(CC)CCO. The smallest absolute Gasteiger partial charge is 0.222 e. The second kappa shape index (κ2) is 15.4. The molecule has 0 aromatic heterocycles. The van der Waals surface area contributed by atoms with Gasteiger partial charge in [-0.2, -0.15) is 0 Å². The predicted octanol–water partition coefficient (Wildman–Crippen LogP) is 4.04.